The van der Waals surface area contributed by atoms with Crippen LogP contribution in [0, 0.1) is 6.92 Å². The van der Waals surface area contributed by atoms with Crippen molar-refractivity contribution in [3.63, 3.8) is 0 Å². The quantitative estimate of drug-likeness (QED) is 0.753. The Labute approximate surface area is 101 Å². The van der Waals surface area contributed by atoms with E-state index in [2.05, 4.69) is 25.9 Å². The smallest absolute Gasteiger partial charge is 0.340 e. The van der Waals surface area contributed by atoms with E-state index in [9.17, 15) is 4.79 Å². The van der Waals surface area contributed by atoms with Crippen LogP contribution in [-0.2, 0) is 4.74 Å². The fourth-order valence-corrected chi connectivity index (χ4v) is 1.85. The number of esters is 1. The lowest BCUT2D eigenvalue weighted by Crippen LogP contribution is -2.04. The van der Waals surface area contributed by atoms with E-state index in [-0.39, 0.29) is 0 Å². The first-order valence-electron chi connectivity index (χ1n) is 4.63. The van der Waals surface area contributed by atoms with E-state index in [1.165, 1.54) is 7.11 Å². The SMILES string of the molecule is COC(=O)c1ccc(Br)c2ncc(C)nc12. The predicted molar refractivity (Wildman–Crippen MR) is 63.3 cm³/mol. The van der Waals surface area contributed by atoms with Crippen LogP contribution >= 0.6 is 15.9 Å². The molecule has 2 rings (SSSR count). The summed E-state index contributed by atoms with van der Waals surface area (Å²) >= 11 is 3.37. The molecule has 0 atom stereocenters. The molecule has 0 saturated carbocycles. The molecule has 5 heteroatoms. The highest BCUT2D eigenvalue weighted by molar-refractivity contribution is 9.10. The van der Waals surface area contributed by atoms with E-state index < -0.39 is 5.97 Å². The molecule has 82 valence electrons. The summed E-state index contributed by atoms with van der Waals surface area (Å²) in [6, 6.07) is 3.44. The third-order valence-corrected chi connectivity index (χ3v) is 2.82. The number of rotatable bonds is 1. The maximum atomic E-state index is 11.5. The van der Waals surface area contributed by atoms with Gasteiger partial charge in [-0.25, -0.2) is 9.78 Å². The summed E-state index contributed by atoms with van der Waals surface area (Å²) in [7, 11) is 1.35. The fourth-order valence-electron chi connectivity index (χ4n) is 1.43. The van der Waals surface area contributed by atoms with Gasteiger partial charge in [0.15, 0.2) is 0 Å². The highest BCUT2D eigenvalue weighted by Gasteiger charge is 2.14. The van der Waals surface area contributed by atoms with Gasteiger partial charge < -0.3 is 4.74 Å². The Bertz CT molecular complexity index is 569. The van der Waals surface area contributed by atoms with Crippen LogP contribution in [0.2, 0.25) is 0 Å². The fraction of sp³-hybridized carbons (Fsp3) is 0.182. The van der Waals surface area contributed by atoms with Crippen molar-refractivity contribution in [2.45, 2.75) is 6.92 Å². The second-order valence-corrected chi connectivity index (χ2v) is 4.15. The molecule has 0 aliphatic heterocycles. The van der Waals surface area contributed by atoms with Crippen LogP contribution < -0.4 is 0 Å². The lowest BCUT2D eigenvalue weighted by molar-refractivity contribution is 0.0602. The third-order valence-electron chi connectivity index (χ3n) is 2.18. The zero-order valence-corrected chi connectivity index (χ0v) is 10.4. The van der Waals surface area contributed by atoms with Crippen LogP contribution in [0.5, 0.6) is 0 Å². The van der Waals surface area contributed by atoms with E-state index in [1.54, 1.807) is 18.3 Å². The van der Waals surface area contributed by atoms with E-state index in [0.717, 1.165) is 10.2 Å². The van der Waals surface area contributed by atoms with Gasteiger partial charge in [-0.3, -0.25) is 4.98 Å². The van der Waals surface area contributed by atoms with Crippen LogP contribution in [-0.4, -0.2) is 23.0 Å². The Hall–Kier alpha value is -1.49. The molecule has 0 radical (unpaired) electrons. The average molecular weight is 281 g/mol. The van der Waals surface area contributed by atoms with Crippen LogP contribution in [0.15, 0.2) is 22.8 Å². The first kappa shape index (κ1) is 11.0. The van der Waals surface area contributed by atoms with E-state index in [4.69, 9.17) is 4.74 Å². The number of methoxy groups -OCH3 is 1. The minimum Gasteiger partial charge on any atom is -0.465 e. The number of hydrogen-bond donors (Lipinski definition) is 0. The average Bonchev–Trinajstić information content (AvgIpc) is 2.28. The van der Waals surface area contributed by atoms with Gasteiger partial charge in [0.05, 0.1) is 18.4 Å². The molecule has 0 saturated heterocycles. The molecule has 0 fully saturated rings. The molecule has 16 heavy (non-hydrogen) atoms. The molecular weight excluding hydrogens is 272 g/mol. The summed E-state index contributed by atoms with van der Waals surface area (Å²) < 4.78 is 5.51. The lowest BCUT2D eigenvalue weighted by atomic mass is 10.1. The largest absolute Gasteiger partial charge is 0.465 e. The Kier molecular flexibility index (Phi) is 2.87. The Morgan fingerprint density at radius 2 is 2.12 bits per heavy atom. The molecule has 4 nitrogen and oxygen atoms in total. The zero-order chi connectivity index (χ0) is 11.7. The van der Waals surface area contributed by atoms with Gasteiger partial charge in [0, 0.05) is 10.7 Å². The number of nitrogens with zero attached hydrogens (tertiary/aromatic N) is 2. The van der Waals surface area contributed by atoms with Gasteiger partial charge in [-0.05, 0) is 35.0 Å². The molecular formula is C11H9BrN2O2. The van der Waals surface area contributed by atoms with Gasteiger partial charge in [-0.1, -0.05) is 0 Å². The standard InChI is InChI=1S/C11H9BrN2O2/c1-6-5-13-10-8(12)4-3-7(9(10)14-6)11(15)16-2/h3-5H,1-2H3. The molecule has 0 bridgehead atoms. The minimum absolute atomic E-state index is 0.405. The van der Waals surface area contributed by atoms with Crippen LogP contribution in [0.1, 0.15) is 16.1 Å². The van der Waals surface area contributed by atoms with Crippen molar-refractivity contribution in [1.29, 1.82) is 0 Å². The molecule has 1 aromatic carbocycles. The summed E-state index contributed by atoms with van der Waals surface area (Å²) in [6.45, 7) is 1.83. The summed E-state index contributed by atoms with van der Waals surface area (Å²) in [5.74, 6) is -0.405. The van der Waals surface area contributed by atoms with Gasteiger partial charge in [-0.15, -0.1) is 0 Å². The van der Waals surface area contributed by atoms with Crippen molar-refractivity contribution >= 4 is 32.9 Å². The number of benzene rings is 1. The zero-order valence-electron chi connectivity index (χ0n) is 8.82. The molecule has 0 aliphatic rings. The van der Waals surface area contributed by atoms with Gasteiger partial charge in [0.1, 0.15) is 11.0 Å². The van der Waals surface area contributed by atoms with Gasteiger partial charge >= 0.3 is 5.97 Å². The van der Waals surface area contributed by atoms with Crippen molar-refractivity contribution in [1.82, 2.24) is 9.97 Å². The van der Waals surface area contributed by atoms with Crippen LogP contribution in [0.4, 0.5) is 0 Å². The molecule has 0 unspecified atom stereocenters. The number of fused-ring (bicyclic) bond motifs is 1. The Balaban J connectivity index is 2.80. The number of aromatic nitrogens is 2. The number of halogens is 1. The monoisotopic (exact) mass is 280 g/mol. The Morgan fingerprint density at radius 1 is 1.38 bits per heavy atom. The number of carbonyl (C=O) groups excluding carboxylic acids is 1. The van der Waals surface area contributed by atoms with Crippen molar-refractivity contribution in [3.8, 4) is 0 Å². The third kappa shape index (κ3) is 1.78. The first-order chi connectivity index (χ1) is 7.63. The van der Waals surface area contributed by atoms with Crippen molar-refractivity contribution < 1.29 is 9.53 Å². The molecule has 1 heterocycles. The summed E-state index contributed by atoms with van der Waals surface area (Å²) in [6.07, 6.45) is 1.66. The van der Waals surface area contributed by atoms with Crippen molar-refractivity contribution in [2.24, 2.45) is 0 Å². The van der Waals surface area contributed by atoms with Crippen LogP contribution in [0.25, 0.3) is 11.0 Å². The highest BCUT2D eigenvalue weighted by Crippen LogP contribution is 2.24. The normalized spacial score (nSPS) is 10.4. The molecule has 2 aromatic rings. The topological polar surface area (TPSA) is 52.1 Å². The maximum absolute atomic E-state index is 11.5. The number of hydrogen-bond acceptors (Lipinski definition) is 4. The number of ether oxygens (including phenoxy) is 1. The number of aryl methyl sites for hydroxylation is 1. The molecule has 0 N–H and O–H groups in total. The van der Waals surface area contributed by atoms with Crippen molar-refractivity contribution in [3.05, 3.63) is 34.1 Å². The van der Waals surface area contributed by atoms with E-state index in [1.807, 2.05) is 6.92 Å². The second-order valence-electron chi connectivity index (χ2n) is 3.30. The molecule has 0 aliphatic carbocycles. The first-order valence-corrected chi connectivity index (χ1v) is 5.43. The van der Waals surface area contributed by atoms with Crippen molar-refractivity contribution in [2.75, 3.05) is 7.11 Å². The minimum atomic E-state index is -0.405. The van der Waals surface area contributed by atoms with Gasteiger partial charge in [0.2, 0.25) is 0 Å². The highest BCUT2D eigenvalue weighted by atomic mass is 79.9. The van der Waals surface area contributed by atoms with Gasteiger partial charge in [0.25, 0.3) is 0 Å². The predicted octanol–water partition coefficient (Wildman–Crippen LogP) is 2.49. The summed E-state index contributed by atoms with van der Waals surface area (Å²) in [4.78, 5) is 20.1. The second kappa shape index (κ2) is 4.17. The lowest BCUT2D eigenvalue weighted by Gasteiger charge is -2.05. The maximum Gasteiger partial charge on any atom is 0.340 e. The van der Waals surface area contributed by atoms with E-state index in [0.29, 0.717) is 16.6 Å². The number of carbonyl (C=O) groups is 1. The summed E-state index contributed by atoms with van der Waals surface area (Å²) in [5.41, 5.74) is 2.40. The molecule has 0 spiro atoms. The summed E-state index contributed by atoms with van der Waals surface area (Å²) in [5, 5.41) is 0. The Morgan fingerprint density at radius 3 is 2.81 bits per heavy atom. The molecule has 0 amide bonds. The van der Waals surface area contributed by atoms with E-state index >= 15 is 0 Å². The van der Waals surface area contributed by atoms with Crippen LogP contribution in [0.3, 0.4) is 0 Å². The van der Waals surface area contributed by atoms with Gasteiger partial charge in [-0.2, -0.15) is 0 Å². The molecule has 1 aromatic heterocycles.